The van der Waals surface area contributed by atoms with Crippen LogP contribution >= 0.6 is 11.6 Å². The van der Waals surface area contributed by atoms with Gasteiger partial charge in [0, 0.05) is 22.5 Å². The number of azo groups is 1. The summed E-state index contributed by atoms with van der Waals surface area (Å²) >= 11 is 6.02. The highest BCUT2D eigenvalue weighted by molar-refractivity contribution is 6.31. The van der Waals surface area contributed by atoms with Crippen LogP contribution in [0.1, 0.15) is 5.56 Å². The van der Waals surface area contributed by atoms with Crippen molar-refractivity contribution in [1.29, 1.82) is 0 Å². The second kappa shape index (κ2) is 5.69. The molecule has 0 bridgehead atoms. The average Bonchev–Trinajstić information content (AvgIpc) is 2.83. The summed E-state index contributed by atoms with van der Waals surface area (Å²) in [7, 11) is 0. The molecular weight excluding hydrogens is 320 g/mol. The topological polar surface area (TPSA) is 104 Å². The molecule has 0 radical (unpaired) electrons. The van der Waals surface area contributed by atoms with Gasteiger partial charge in [0.15, 0.2) is 5.69 Å². The first-order valence-corrected chi connectivity index (χ1v) is 7.00. The smallest absolute Gasteiger partial charge is 0.270 e. The van der Waals surface area contributed by atoms with Crippen LogP contribution < -0.4 is 0 Å². The van der Waals surface area contributed by atoms with Gasteiger partial charge in [0.05, 0.1) is 16.1 Å². The van der Waals surface area contributed by atoms with E-state index in [0.717, 1.165) is 5.56 Å². The van der Waals surface area contributed by atoms with E-state index in [1.165, 1.54) is 18.2 Å². The van der Waals surface area contributed by atoms with Crippen molar-refractivity contribution >= 4 is 39.6 Å². The Balaban J connectivity index is 2.06. The molecule has 0 fully saturated rings. The van der Waals surface area contributed by atoms with Crippen LogP contribution in [0.5, 0.6) is 5.88 Å². The van der Waals surface area contributed by atoms with Gasteiger partial charge in [-0.15, -0.1) is 5.11 Å². The number of rotatable bonds is 3. The molecular formula is C15H11ClN4O3. The minimum absolute atomic E-state index is 0.0914. The number of hydrogen-bond donors (Lipinski definition) is 2. The quantitative estimate of drug-likeness (QED) is 0.393. The summed E-state index contributed by atoms with van der Waals surface area (Å²) in [5.41, 5.74) is 2.01. The molecule has 0 atom stereocenters. The number of aryl methyl sites for hydroxylation is 1. The maximum absolute atomic E-state index is 10.9. The highest BCUT2D eigenvalue weighted by atomic mass is 35.5. The van der Waals surface area contributed by atoms with Crippen LogP contribution in [0.2, 0.25) is 5.02 Å². The molecule has 2 aromatic carbocycles. The third-order valence-electron chi connectivity index (χ3n) is 3.37. The molecule has 8 heteroatoms. The van der Waals surface area contributed by atoms with E-state index in [9.17, 15) is 15.2 Å². The van der Waals surface area contributed by atoms with Gasteiger partial charge in [-0.3, -0.25) is 10.1 Å². The van der Waals surface area contributed by atoms with E-state index in [1.807, 2.05) is 6.92 Å². The number of halogens is 1. The van der Waals surface area contributed by atoms with E-state index in [-0.39, 0.29) is 17.3 Å². The number of aromatic nitrogens is 1. The first-order valence-electron chi connectivity index (χ1n) is 6.62. The molecule has 23 heavy (non-hydrogen) atoms. The molecule has 3 aromatic rings. The van der Waals surface area contributed by atoms with Crippen molar-refractivity contribution in [3.63, 3.8) is 0 Å². The predicted octanol–water partition coefficient (Wildman–Crippen LogP) is 5.16. The molecule has 0 aliphatic rings. The Morgan fingerprint density at radius 2 is 2.00 bits per heavy atom. The van der Waals surface area contributed by atoms with Gasteiger partial charge < -0.3 is 10.1 Å². The number of H-pyrrole nitrogens is 1. The van der Waals surface area contributed by atoms with Gasteiger partial charge in [-0.2, -0.15) is 5.11 Å². The first-order chi connectivity index (χ1) is 11.0. The second-order valence-electron chi connectivity index (χ2n) is 4.94. The number of fused-ring (bicyclic) bond motifs is 1. The van der Waals surface area contributed by atoms with E-state index in [1.54, 1.807) is 18.2 Å². The lowest BCUT2D eigenvalue weighted by Crippen LogP contribution is -1.86. The zero-order valence-electron chi connectivity index (χ0n) is 11.9. The number of hydrogen-bond acceptors (Lipinski definition) is 5. The van der Waals surface area contributed by atoms with E-state index >= 15 is 0 Å². The Hall–Kier alpha value is -2.93. The molecule has 7 nitrogen and oxygen atoms in total. The maximum atomic E-state index is 10.9. The van der Waals surface area contributed by atoms with Gasteiger partial charge >= 0.3 is 0 Å². The number of nitrogens with one attached hydrogen (secondary N) is 1. The highest BCUT2D eigenvalue weighted by Crippen LogP contribution is 2.38. The summed E-state index contributed by atoms with van der Waals surface area (Å²) in [4.78, 5) is 13.1. The maximum Gasteiger partial charge on any atom is 0.270 e. The lowest BCUT2D eigenvalue weighted by Gasteiger charge is -1.98. The monoisotopic (exact) mass is 330 g/mol. The number of benzene rings is 2. The molecule has 2 N–H and O–H groups in total. The molecule has 0 saturated carbocycles. The van der Waals surface area contributed by atoms with Crippen LogP contribution in [0.4, 0.5) is 17.1 Å². The number of nitrogens with zero attached hydrogens (tertiary/aromatic N) is 3. The number of aromatic amines is 1. The third kappa shape index (κ3) is 2.86. The molecule has 1 heterocycles. The Kier molecular flexibility index (Phi) is 3.71. The summed E-state index contributed by atoms with van der Waals surface area (Å²) in [6.45, 7) is 1.87. The van der Waals surface area contributed by atoms with Gasteiger partial charge in [-0.05, 0) is 30.7 Å². The average molecular weight is 331 g/mol. The fraction of sp³-hybridized carbons (Fsp3) is 0.0667. The lowest BCUT2D eigenvalue weighted by molar-refractivity contribution is -0.384. The third-order valence-corrected chi connectivity index (χ3v) is 3.77. The molecule has 0 unspecified atom stereocenters. The number of nitro groups is 1. The van der Waals surface area contributed by atoms with Gasteiger partial charge in [0.2, 0.25) is 5.88 Å². The van der Waals surface area contributed by atoms with Crippen molar-refractivity contribution in [2.45, 2.75) is 6.92 Å². The standard InChI is InChI=1S/C15H11ClN4O3/c1-8-2-3-9(6-12(8)16)18-19-14-11-7-10(20(22)23)4-5-13(11)17-15(14)21/h2-7,17,21H,1H3. The number of nitro benzene ring substituents is 1. The number of non-ortho nitro benzene ring substituents is 1. The minimum atomic E-state index is -0.510. The fourth-order valence-electron chi connectivity index (χ4n) is 2.12. The molecule has 0 aliphatic heterocycles. The number of aromatic hydroxyl groups is 1. The van der Waals surface area contributed by atoms with E-state index in [4.69, 9.17) is 11.6 Å². The summed E-state index contributed by atoms with van der Waals surface area (Å²) in [6.07, 6.45) is 0. The van der Waals surface area contributed by atoms with E-state index < -0.39 is 4.92 Å². The lowest BCUT2D eigenvalue weighted by atomic mass is 10.2. The van der Waals surface area contributed by atoms with Crippen molar-refractivity contribution in [1.82, 2.24) is 4.98 Å². The largest absolute Gasteiger partial charge is 0.493 e. The van der Waals surface area contributed by atoms with Crippen LogP contribution in [-0.4, -0.2) is 15.0 Å². The van der Waals surface area contributed by atoms with Crippen molar-refractivity contribution in [3.05, 3.63) is 57.1 Å². The van der Waals surface area contributed by atoms with Crippen molar-refractivity contribution < 1.29 is 10.0 Å². The Morgan fingerprint density at radius 1 is 1.22 bits per heavy atom. The van der Waals surface area contributed by atoms with Crippen LogP contribution in [0.3, 0.4) is 0 Å². The summed E-state index contributed by atoms with van der Waals surface area (Å²) < 4.78 is 0. The van der Waals surface area contributed by atoms with E-state index in [2.05, 4.69) is 15.2 Å². The summed E-state index contributed by atoms with van der Waals surface area (Å²) in [5.74, 6) is -0.206. The normalized spacial score (nSPS) is 11.4. The Labute approximate surface area is 135 Å². The van der Waals surface area contributed by atoms with Crippen LogP contribution in [0.25, 0.3) is 10.9 Å². The van der Waals surface area contributed by atoms with Gasteiger partial charge in [-0.1, -0.05) is 17.7 Å². The molecule has 116 valence electrons. The van der Waals surface area contributed by atoms with Gasteiger partial charge in [0.1, 0.15) is 0 Å². The predicted molar refractivity (Wildman–Crippen MR) is 87.0 cm³/mol. The van der Waals surface area contributed by atoms with Crippen LogP contribution in [0, 0.1) is 17.0 Å². The van der Waals surface area contributed by atoms with Crippen molar-refractivity contribution in [2.75, 3.05) is 0 Å². The molecule has 3 rings (SSSR count). The van der Waals surface area contributed by atoms with E-state index in [0.29, 0.717) is 21.6 Å². The fourth-order valence-corrected chi connectivity index (χ4v) is 2.29. The van der Waals surface area contributed by atoms with Crippen LogP contribution in [0.15, 0.2) is 46.6 Å². The van der Waals surface area contributed by atoms with Crippen molar-refractivity contribution in [3.8, 4) is 5.88 Å². The summed E-state index contributed by atoms with van der Waals surface area (Å²) in [6, 6.07) is 9.38. The SMILES string of the molecule is Cc1ccc(N=Nc2c(O)[nH]c3ccc([N+](=O)[O-])cc23)cc1Cl. The highest BCUT2D eigenvalue weighted by Gasteiger charge is 2.14. The molecule has 1 aromatic heterocycles. The molecule has 0 amide bonds. The summed E-state index contributed by atoms with van der Waals surface area (Å²) in [5, 5.41) is 29.8. The molecule has 0 aliphatic carbocycles. The zero-order chi connectivity index (χ0) is 16.6. The molecule has 0 spiro atoms. The Bertz CT molecular complexity index is 949. The van der Waals surface area contributed by atoms with Gasteiger partial charge in [0.25, 0.3) is 5.69 Å². The first kappa shape index (κ1) is 15.0. The molecule has 0 saturated heterocycles. The Morgan fingerprint density at radius 3 is 2.70 bits per heavy atom. The van der Waals surface area contributed by atoms with Crippen molar-refractivity contribution in [2.24, 2.45) is 10.2 Å². The second-order valence-corrected chi connectivity index (χ2v) is 5.35. The minimum Gasteiger partial charge on any atom is -0.493 e. The zero-order valence-corrected chi connectivity index (χ0v) is 12.7. The van der Waals surface area contributed by atoms with Crippen LogP contribution in [-0.2, 0) is 0 Å². The van der Waals surface area contributed by atoms with Gasteiger partial charge in [-0.25, -0.2) is 0 Å².